The molecular weight excluding hydrogens is 419 g/mol. The molecule has 0 radical (unpaired) electrons. The fraction of sp³-hybridized carbons (Fsp3) is 0.158. The number of rotatable bonds is 8. The number of benzene rings is 1. The topological polar surface area (TPSA) is 76.1 Å². The number of hydrogen-bond acceptors (Lipinski definition) is 6. The van der Waals surface area contributed by atoms with Crippen LogP contribution in [-0.2, 0) is 16.4 Å². The quantitative estimate of drug-likeness (QED) is 0.544. The zero-order valence-corrected chi connectivity index (χ0v) is 17.1. The molecule has 0 unspecified atom stereocenters. The molecule has 0 fully saturated rings. The Balaban J connectivity index is 1.62. The highest BCUT2D eigenvalue weighted by atomic mass is 32.2. The van der Waals surface area contributed by atoms with Gasteiger partial charge >= 0.3 is 0 Å². The van der Waals surface area contributed by atoms with Gasteiger partial charge in [-0.1, -0.05) is 12.1 Å². The van der Waals surface area contributed by atoms with Crippen molar-refractivity contribution in [2.75, 3.05) is 11.5 Å². The molecule has 28 heavy (non-hydrogen) atoms. The Morgan fingerprint density at radius 3 is 2.79 bits per heavy atom. The van der Waals surface area contributed by atoms with Crippen LogP contribution in [0.1, 0.15) is 15.2 Å². The Kier molecular flexibility index (Phi) is 6.82. The molecule has 1 aromatic carbocycles. The molecule has 2 heterocycles. The van der Waals surface area contributed by atoms with E-state index in [2.05, 4.69) is 10.3 Å². The summed E-state index contributed by atoms with van der Waals surface area (Å²) in [7, 11) is -3.61. The number of thiophene rings is 1. The fourth-order valence-corrected chi connectivity index (χ4v) is 5.70. The molecule has 0 aliphatic heterocycles. The molecule has 3 rings (SSSR count). The normalized spacial score (nSPS) is 11.3. The zero-order chi connectivity index (χ0) is 20.0. The van der Waals surface area contributed by atoms with E-state index >= 15 is 0 Å². The van der Waals surface area contributed by atoms with Gasteiger partial charge in [-0.15, -0.1) is 23.1 Å². The van der Waals surface area contributed by atoms with Gasteiger partial charge in [0.05, 0.1) is 22.8 Å². The molecule has 1 amide bonds. The Hall–Kier alpha value is -2.23. The second-order valence-corrected chi connectivity index (χ2v) is 9.97. The van der Waals surface area contributed by atoms with Gasteiger partial charge in [-0.25, -0.2) is 17.8 Å². The summed E-state index contributed by atoms with van der Waals surface area (Å²) in [5.41, 5.74) is 0.396. The summed E-state index contributed by atoms with van der Waals surface area (Å²) in [6, 6.07) is 12.1. The summed E-state index contributed by atoms with van der Waals surface area (Å²) in [6.07, 6.45) is 1.56. The van der Waals surface area contributed by atoms with E-state index in [0.717, 1.165) is 10.9 Å². The third kappa shape index (κ3) is 5.40. The number of pyridine rings is 1. The van der Waals surface area contributed by atoms with Crippen LogP contribution in [0.15, 0.2) is 70.0 Å². The van der Waals surface area contributed by atoms with Crippen molar-refractivity contribution in [1.82, 2.24) is 10.3 Å². The van der Waals surface area contributed by atoms with Gasteiger partial charge in [-0.3, -0.25) is 4.79 Å². The second kappa shape index (κ2) is 9.31. The smallest absolute Gasteiger partial charge is 0.254 e. The average Bonchev–Trinajstić information content (AvgIpc) is 3.20. The highest BCUT2D eigenvalue weighted by molar-refractivity contribution is 8.00. The summed E-state index contributed by atoms with van der Waals surface area (Å²) in [6.45, 7) is 0.420. The summed E-state index contributed by atoms with van der Waals surface area (Å²) >= 11 is 2.73. The van der Waals surface area contributed by atoms with Gasteiger partial charge in [0.25, 0.3) is 5.91 Å². The molecule has 0 aliphatic carbocycles. The molecule has 0 saturated heterocycles. The number of aromatic nitrogens is 1. The van der Waals surface area contributed by atoms with Crippen LogP contribution in [0.25, 0.3) is 0 Å². The van der Waals surface area contributed by atoms with Crippen LogP contribution in [-0.4, -0.2) is 30.8 Å². The van der Waals surface area contributed by atoms with Crippen molar-refractivity contribution in [1.29, 1.82) is 0 Å². The van der Waals surface area contributed by atoms with Gasteiger partial charge in [0, 0.05) is 16.8 Å². The summed E-state index contributed by atoms with van der Waals surface area (Å²) in [5, 5.41) is 5.23. The minimum atomic E-state index is -3.61. The third-order valence-electron chi connectivity index (χ3n) is 3.77. The van der Waals surface area contributed by atoms with Gasteiger partial charge in [-0.2, -0.15) is 0 Å². The first-order chi connectivity index (χ1) is 13.5. The molecule has 0 saturated carbocycles. The first kappa shape index (κ1) is 20.5. The number of carbonyl (C=O) groups is 1. The van der Waals surface area contributed by atoms with E-state index in [1.165, 1.54) is 30.0 Å². The molecule has 5 nitrogen and oxygen atoms in total. The summed E-state index contributed by atoms with van der Waals surface area (Å²) in [4.78, 5) is 17.6. The van der Waals surface area contributed by atoms with E-state index in [1.807, 2.05) is 17.5 Å². The first-order valence-electron chi connectivity index (χ1n) is 8.32. The lowest BCUT2D eigenvalue weighted by Gasteiger charge is -2.09. The van der Waals surface area contributed by atoms with E-state index < -0.39 is 15.7 Å². The van der Waals surface area contributed by atoms with Gasteiger partial charge in [-0.05, 0) is 41.8 Å². The minimum Gasteiger partial charge on any atom is -0.347 e. The van der Waals surface area contributed by atoms with Crippen molar-refractivity contribution in [2.45, 2.75) is 16.5 Å². The van der Waals surface area contributed by atoms with Gasteiger partial charge in [0.1, 0.15) is 10.8 Å². The number of nitrogens with zero attached hydrogens (tertiary/aromatic N) is 1. The van der Waals surface area contributed by atoms with Crippen molar-refractivity contribution in [2.24, 2.45) is 0 Å². The number of nitrogens with one attached hydrogen (secondary N) is 1. The average molecular weight is 437 g/mol. The van der Waals surface area contributed by atoms with Crippen LogP contribution in [0.4, 0.5) is 4.39 Å². The monoisotopic (exact) mass is 436 g/mol. The molecule has 0 spiro atoms. The molecule has 0 bridgehead atoms. The Bertz CT molecular complexity index is 1050. The standard InChI is InChI=1S/C19H17FN2O3S3/c20-14-4-1-6-16(12-14)28(24,25)11-10-27-19-17(7-2-8-21-19)18(23)22-13-15-5-3-9-26-15/h1-9,12H,10-11,13H2,(H,22,23). The van der Waals surface area contributed by atoms with E-state index in [0.29, 0.717) is 17.1 Å². The van der Waals surface area contributed by atoms with Crippen LogP contribution >= 0.6 is 23.1 Å². The van der Waals surface area contributed by atoms with Gasteiger partial charge in [0.15, 0.2) is 9.84 Å². The molecular formula is C19H17FN2O3S3. The second-order valence-electron chi connectivity index (χ2n) is 5.74. The molecule has 0 atom stereocenters. The molecule has 3 aromatic rings. The van der Waals surface area contributed by atoms with Crippen LogP contribution in [0, 0.1) is 5.82 Å². The summed E-state index contributed by atoms with van der Waals surface area (Å²) in [5.74, 6) is -0.852. The zero-order valence-electron chi connectivity index (χ0n) is 14.7. The number of thioether (sulfide) groups is 1. The van der Waals surface area contributed by atoms with Crippen LogP contribution < -0.4 is 5.32 Å². The lowest BCUT2D eigenvalue weighted by Crippen LogP contribution is -2.23. The number of halogens is 1. The summed E-state index contributed by atoms with van der Waals surface area (Å²) < 4.78 is 38.0. The van der Waals surface area contributed by atoms with Gasteiger partial charge in [0.2, 0.25) is 0 Å². The van der Waals surface area contributed by atoms with Crippen molar-refractivity contribution in [3.8, 4) is 0 Å². The van der Waals surface area contributed by atoms with E-state index in [4.69, 9.17) is 0 Å². The van der Waals surface area contributed by atoms with Crippen LogP contribution in [0.2, 0.25) is 0 Å². The number of amides is 1. The first-order valence-corrected chi connectivity index (χ1v) is 11.8. The lowest BCUT2D eigenvalue weighted by atomic mass is 10.2. The van der Waals surface area contributed by atoms with E-state index in [-0.39, 0.29) is 22.3 Å². The SMILES string of the molecule is O=C(NCc1cccs1)c1cccnc1SCCS(=O)(=O)c1cccc(F)c1. The van der Waals surface area contributed by atoms with Crippen molar-refractivity contribution < 1.29 is 17.6 Å². The largest absolute Gasteiger partial charge is 0.347 e. The molecule has 146 valence electrons. The van der Waals surface area contributed by atoms with E-state index in [1.54, 1.807) is 29.7 Å². The molecule has 9 heteroatoms. The number of carbonyl (C=O) groups excluding carboxylic acids is 1. The molecule has 0 aliphatic rings. The Morgan fingerprint density at radius 2 is 2.04 bits per heavy atom. The lowest BCUT2D eigenvalue weighted by molar-refractivity contribution is 0.0947. The fourth-order valence-electron chi connectivity index (χ4n) is 2.38. The van der Waals surface area contributed by atoms with Crippen molar-refractivity contribution >= 4 is 38.8 Å². The maximum atomic E-state index is 13.3. The van der Waals surface area contributed by atoms with E-state index in [9.17, 15) is 17.6 Å². The Labute approximate surface area is 170 Å². The minimum absolute atomic E-state index is 0.0527. The Morgan fingerprint density at radius 1 is 1.18 bits per heavy atom. The van der Waals surface area contributed by atoms with Gasteiger partial charge < -0.3 is 5.32 Å². The van der Waals surface area contributed by atoms with Crippen molar-refractivity contribution in [3.05, 3.63) is 76.4 Å². The molecule has 1 N–H and O–H groups in total. The molecule has 2 aromatic heterocycles. The van der Waals surface area contributed by atoms with Crippen molar-refractivity contribution in [3.63, 3.8) is 0 Å². The maximum absolute atomic E-state index is 13.3. The highest BCUT2D eigenvalue weighted by Crippen LogP contribution is 2.22. The number of sulfone groups is 1. The predicted octanol–water partition coefficient (Wildman–Crippen LogP) is 3.78. The van der Waals surface area contributed by atoms with Crippen LogP contribution in [0.5, 0.6) is 0 Å². The maximum Gasteiger partial charge on any atom is 0.254 e. The van der Waals surface area contributed by atoms with Crippen LogP contribution in [0.3, 0.4) is 0 Å². The highest BCUT2D eigenvalue weighted by Gasteiger charge is 2.17. The number of hydrogen-bond donors (Lipinski definition) is 1. The predicted molar refractivity (Wildman–Crippen MR) is 109 cm³/mol. The third-order valence-corrected chi connectivity index (χ3v) is 7.62.